The van der Waals surface area contributed by atoms with Crippen LogP contribution >= 0.6 is 15.9 Å². The third kappa shape index (κ3) is 3.14. The lowest BCUT2D eigenvalue weighted by Crippen LogP contribution is -2.15. The molecule has 124 valence electrons. The van der Waals surface area contributed by atoms with Crippen molar-refractivity contribution >= 4 is 32.7 Å². The predicted octanol–water partition coefficient (Wildman–Crippen LogP) is 2.81. The first-order valence-corrected chi connectivity index (χ1v) is 8.03. The third-order valence-electron chi connectivity index (χ3n) is 3.49. The van der Waals surface area contributed by atoms with Gasteiger partial charge in [-0.1, -0.05) is 6.07 Å². The topological polar surface area (TPSA) is 86.7 Å². The van der Waals surface area contributed by atoms with Crippen LogP contribution in [0.2, 0.25) is 0 Å². The normalized spacial score (nSPS) is 11.8. The molecule has 3 aromatic rings. The molecule has 0 aromatic carbocycles. The molecule has 3 heterocycles. The van der Waals surface area contributed by atoms with E-state index in [1.807, 2.05) is 0 Å². The lowest BCUT2D eigenvalue weighted by molar-refractivity contribution is -0.117. The molecule has 0 fully saturated rings. The third-order valence-corrected chi connectivity index (χ3v) is 4.08. The van der Waals surface area contributed by atoms with Gasteiger partial charge in [-0.05, 0) is 48.0 Å². The lowest BCUT2D eigenvalue weighted by atomic mass is 10.1. The maximum absolute atomic E-state index is 14.2. The standard InChI is InChI=1S/C16H15BrFN5O/c1-16(2,18)12-4-3-5-14(21-12)23-11-6-9(7-13(19)24)20-8-10(11)15(17)22-23/h3-6,8H,7H2,1-2H3,(H2,19,24). The van der Waals surface area contributed by atoms with Crippen LogP contribution in [0.4, 0.5) is 4.39 Å². The highest BCUT2D eigenvalue weighted by atomic mass is 79.9. The van der Waals surface area contributed by atoms with Crippen LogP contribution in [0.5, 0.6) is 0 Å². The number of pyridine rings is 2. The van der Waals surface area contributed by atoms with E-state index in [1.165, 1.54) is 13.8 Å². The second-order valence-electron chi connectivity index (χ2n) is 5.89. The summed E-state index contributed by atoms with van der Waals surface area (Å²) in [5.74, 6) is 0.0106. The number of aromatic nitrogens is 4. The highest BCUT2D eigenvalue weighted by Gasteiger charge is 2.21. The van der Waals surface area contributed by atoms with Gasteiger partial charge in [-0.2, -0.15) is 5.10 Å². The molecule has 6 nitrogen and oxygen atoms in total. The molecule has 0 unspecified atom stereocenters. The number of nitrogens with two attached hydrogens (primary N) is 1. The quantitative estimate of drug-likeness (QED) is 0.740. The molecule has 0 aliphatic carbocycles. The van der Waals surface area contributed by atoms with E-state index in [9.17, 15) is 9.18 Å². The van der Waals surface area contributed by atoms with Crippen LogP contribution in [0.3, 0.4) is 0 Å². The number of alkyl halides is 1. The molecule has 3 aromatic heterocycles. The Kier molecular flexibility index (Phi) is 4.08. The molecule has 3 rings (SSSR count). The largest absolute Gasteiger partial charge is 0.369 e. The van der Waals surface area contributed by atoms with Crippen LogP contribution in [-0.4, -0.2) is 25.7 Å². The molecule has 0 atom stereocenters. The summed E-state index contributed by atoms with van der Waals surface area (Å²) in [6, 6.07) is 6.82. The molecular weight excluding hydrogens is 377 g/mol. The number of hydrogen-bond acceptors (Lipinski definition) is 4. The van der Waals surface area contributed by atoms with Crippen molar-refractivity contribution < 1.29 is 9.18 Å². The Morgan fingerprint density at radius 3 is 2.83 bits per heavy atom. The molecule has 0 aliphatic rings. The Balaban J connectivity index is 2.17. The van der Waals surface area contributed by atoms with E-state index >= 15 is 0 Å². The van der Waals surface area contributed by atoms with Crippen LogP contribution in [-0.2, 0) is 16.9 Å². The van der Waals surface area contributed by atoms with E-state index < -0.39 is 11.6 Å². The first-order valence-electron chi connectivity index (χ1n) is 7.24. The Bertz CT molecular complexity index is 932. The van der Waals surface area contributed by atoms with E-state index in [1.54, 1.807) is 35.1 Å². The Labute approximate surface area is 146 Å². The second-order valence-corrected chi connectivity index (χ2v) is 6.64. The maximum Gasteiger partial charge on any atom is 0.223 e. The molecule has 0 bridgehead atoms. The molecular formula is C16H15BrFN5O. The average molecular weight is 392 g/mol. The van der Waals surface area contributed by atoms with Crippen molar-refractivity contribution in [3.05, 3.63) is 46.5 Å². The summed E-state index contributed by atoms with van der Waals surface area (Å²) in [6.07, 6.45) is 1.65. The lowest BCUT2D eigenvalue weighted by Gasteiger charge is -2.14. The van der Waals surface area contributed by atoms with Gasteiger partial charge in [-0.25, -0.2) is 14.1 Å². The zero-order chi connectivity index (χ0) is 17.5. The van der Waals surface area contributed by atoms with Crippen LogP contribution < -0.4 is 5.73 Å². The van der Waals surface area contributed by atoms with E-state index in [0.717, 1.165) is 5.39 Å². The molecule has 0 aliphatic heterocycles. The van der Waals surface area contributed by atoms with Gasteiger partial charge in [0.15, 0.2) is 5.82 Å². The predicted molar refractivity (Wildman–Crippen MR) is 91.4 cm³/mol. The number of nitrogens with zero attached hydrogens (tertiary/aromatic N) is 4. The van der Waals surface area contributed by atoms with Crippen molar-refractivity contribution in [2.75, 3.05) is 0 Å². The summed E-state index contributed by atoms with van der Waals surface area (Å²) in [5.41, 5.74) is 5.21. The van der Waals surface area contributed by atoms with E-state index in [4.69, 9.17) is 5.73 Å². The van der Waals surface area contributed by atoms with E-state index in [2.05, 4.69) is 31.0 Å². The van der Waals surface area contributed by atoms with Gasteiger partial charge in [0, 0.05) is 6.20 Å². The summed E-state index contributed by atoms with van der Waals surface area (Å²) in [4.78, 5) is 19.7. The summed E-state index contributed by atoms with van der Waals surface area (Å²) in [7, 11) is 0. The zero-order valence-corrected chi connectivity index (χ0v) is 14.7. The number of halogens is 2. The molecule has 1 amide bonds. The minimum atomic E-state index is -1.56. The molecule has 0 saturated carbocycles. The van der Waals surface area contributed by atoms with E-state index in [-0.39, 0.29) is 6.42 Å². The van der Waals surface area contributed by atoms with Gasteiger partial charge in [0.1, 0.15) is 10.3 Å². The minimum Gasteiger partial charge on any atom is -0.369 e. The minimum absolute atomic E-state index is 0.0315. The van der Waals surface area contributed by atoms with Crippen molar-refractivity contribution in [3.63, 3.8) is 0 Å². The smallest absolute Gasteiger partial charge is 0.223 e. The molecule has 0 spiro atoms. The van der Waals surface area contributed by atoms with Gasteiger partial charge in [0.05, 0.1) is 28.7 Å². The average Bonchev–Trinajstić information content (AvgIpc) is 2.83. The van der Waals surface area contributed by atoms with Crippen molar-refractivity contribution in [1.29, 1.82) is 0 Å². The Hall–Kier alpha value is -2.35. The van der Waals surface area contributed by atoms with Crippen LogP contribution in [0.15, 0.2) is 35.1 Å². The fourth-order valence-electron chi connectivity index (χ4n) is 2.34. The molecule has 24 heavy (non-hydrogen) atoms. The van der Waals surface area contributed by atoms with Gasteiger partial charge in [0.25, 0.3) is 0 Å². The Morgan fingerprint density at radius 2 is 2.17 bits per heavy atom. The van der Waals surface area contributed by atoms with Gasteiger partial charge in [-0.3, -0.25) is 9.78 Å². The van der Waals surface area contributed by atoms with Crippen LogP contribution in [0, 0.1) is 0 Å². The number of rotatable bonds is 4. The summed E-state index contributed by atoms with van der Waals surface area (Å²) < 4.78 is 16.4. The summed E-state index contributed by atoms with van der Waals surface area (Å²) >= 11 is 3.38. The number of carbonyl (C=O) groups is 1. The monoisotopic (exact) mass is 391 g/mol. The maximum atomic E-state index is 14.2. The van der Waals surface area contributed by atoms with Crippen molar-refractivity contribution in [2.24, 2.45) is 5.73 Å². The summed E-state index contributed by atoms with van der Waals surface area (Å²) in [6.45, 7) is 2.90. The first-order chi connectivity index (χ1) is 11.3. The zero-order valence-electron chi connectivity index (χ0n) is 13.1. The van der Waals surface area contributed by atoms with Gasteiger partial charge in [0.2, 0.25) is 5.91 Å². The van der Waals surface area contributed by atoms with Crippen LogP contribution in [0.1, 0.15) is 25.2 Å². The highest BCUT2D eigenvalue weighted by Crippen LogP contribution is 2.27. The molecule has 0 saturated heterocycles. The fourth-order valence-corrected chi connectivity index (χ4v) is 2.80. The number of primary amides is 1. The molecule has 0 radical (unpaired) electrons. The molecule has 2 N–H and O–H groups in total. The van der Waals surface area contributed by atoms with Crippen molar-refractivity contribution in [3.8, 4) is 5.82 Å². The number of fused-ring (bicyclic) bond motifs is 1. The number of hydrogen-bond donors (Lipinski definition) is 1. The molecule has 8 heteroatoms. The van der Waals surface area contributed by atoms with E-state index in [0.29, 0.717) is 27.3 Å². The number of carbonyl (C=O) groups excluding carboxylic acids is 1. The van der Waals surface area contributed by atoms with Crippen molar-refractivity contribution in [1.82, 2.24) is 19.7 Å². The number of amides is 1. The summed E-state index contributed by atoms with van der Waals surface area (Å²) in [5, 5.41) is 5.15. The van der Waals surface area contributed by atoms with Gasteiger partial charge >= 0.3 is 0 Å². The second kappa shape index (κ2) is 5.94. The highest BCUT2D eigenvalue weighted by molar-refractivity contribution is 9.10. The first kappa shape index (κ1) is 16.5. The van der Waals surface area contributed by atoms with Gasteiger partial charge < -0.3 is 5.73 Å². The van der Waals surface area contributed by atoms with Crippen LogP contribution in [0.25, 0.3) is 16.7 Å². The van der Waals surface area contributed by atoms with Crippen molar-refractivity contribution in [2.45, 2.75) is 25.9 Å². The van der Waals surface area contributed by atoms with Gasteiger partial charge in [-0.15, -0.1) is 0 Å². The SMILES string of the molecule is CC(C)(F)c1cccc(-n2nc(Br)c3cnc(CC(N)=O)cc32)n1. The Morgan fingerprint density at radius 1 is 1.42 bits per heavy atom. The fraction of sp³-hybridized carbons (Fsp3) is 0.250.